The average Bonchev–Trinajstić information content (AvgIpc) is 2.06. The van der Waals surface area contributed by atoms with Crippen molar-refractivity contribution >= 4 is 30.3 Å². The van der Waals surface area contributed by atoms with E-state index in [9.17, 15) is 4.79 Å². The van der Waals surface area contributed by atoms with E-state index in [1.165, 1.54) is 12.2 Å². The van der Waals surface area contributed by atoms with E-state index in [2.05, 4.69) is 17.9 Å². The zero-order valence-corrected chi connectivity index (χ0v) is 8.09. The summed E-state index contributed by atoms with van der Waals surface area (Å²) < 4.78 is 0. The summed E-state index contributed by atoms with van der Waals surface area (Å²) >= 11 is 5.81. The lowest BCUT2D eigenvalue weighted by Crippen LogP contribution is -2.38. The first-order valence-corrected chi connectivity index (χ1v) is 5.59. The topological polar surface area (TPSA) is 29.1 Å². The fraction of sp³-hybridized carbons (Fsp3) is 0.857. The van der Waals surface area contributed by atoms with Crippen molar-refractivity contribution in [3.05, 3.63) is 0 Å². The van der Waals surface area contributed by atoms with Crippen LogP contribution in [0.15, 0.2) is 0 Å². The molecule has 0 saturated carbocycles. The average molecular weight is 191 g/mol. The van der Waals surface area contributed by atoms with Gasteiger partial charge in [0.15, 0.2) is 0 Å². The third-order valence-electron chi connectivity index (χ3n) is 1.67. The number of hydrogen-bond acceptors (Lipinski definition) is 3. The highest BCUT2D eigenvalue weighted by atomic mass is 32.2. The van der Waals surface area contributed by atoms with Gasteiger partial charge in [-0.15, -0.1) is 0 Å². The maximum absolute atomic E-state index is 10.9. The lowest BCUT2D eigenvalue weighted by Gasteiger charge is -2.21. The Hall–Kier alpha value is 0.170. The highest BCUT2D eigenvalue weighted by Gasteiger charge is 2.14. The number of amides is 1. The second-order valence-electron chi connectivity index (χ2n) is 2.64. The number of carbonyl (C=O) groups is 1. The van der Waals surface area contributed by atoms with Crippen LogP contribution >= 0.6 is 24.4 Å². The van der Waals surface area contributed by atoms with Crippen LogP contribution in [0.4, 0.5) is 0 Å². The van der Waals surface area contributed by atoms with E-state index in [4.69, 9.17) is 0 Å². The predicted octanol–water partition coefficient (Wildman–Crippen LogP) is 0.928. The summed E-state index contributed by atoms with van der Waals surface area (Å²) in [5, 5.41) is 2.93. The van der Waals surface area contributed by atoms with Crippen molar-refractivity contribution in [2.45, 2.75) is 18.9 Å². The van der Waals surface area contributed by atoms with Gasteiger partial charge in [0.05, 0.1) is 5.75 Å². The van der Waals surface area contributed by atoms with Gasteiger partial charge in [-0.05, 0) is 18.6 Å². The van der Waals surface area contributed by atoms with Gasteiger partial charge in [-0.3, -0.25) is 4.79 Å². The summed E-state index contributed by atoms with van der Waals surface area (Å²) in [6.45, 7) is 0. The largest absolute Gasteiger partial charge is 0.352 e. The molecule has 0 aliphatic carbocycles. The molecule has 0 aromatic heterocycles. The molecule has 64 valence electrons. The molecule has 2 nitrogen and oxygen atoms in total. The lowest BCUT2D eigenvalue weighted by molar-refractivity contribution is -0.119. The van der Waals surface area contributed by atoms with Crippen LogP contribution in [0.2, 0.25) is 0 Å². The van der Waals surface area contributed by atoms with Crippen LogP contribution in [0.5, 0.6) is 0 Å². The zero-order valence-electron chi connectivity index (χ0n) is 6.38. The second-order valence-corrected chi connectivity index (χ2v) is 4.11. The third-order valence-corrected chi connectivity index (χ3v) is 3.17. The van der Waals surface area contributed by atoms with Crippen molar-refractivity contribution in [1.29, 1.82) is 0 Å². The van der Waals surface area contributed by atoms with Gasteiger partial charge in [-0.2, -0.15) is 24.4 Å². The van der Waals surface area contributed by atoms with Crippen LogP contribution in [0, 0.1) is 0 Å². The molecule has 1 aliphatic rings. The summed E-state index contributed by atoms with van der Waals surface area (Å²) in [5.41, 5.74) is 0. The molecular weight excluding hydrogens is 178 g/mol. The Morgan fingerprint density at radius 2 is 2.55 bits per heavy atom. The first-order valence-electron chi connectivity index (χ1n) is 3.81. The molecule has 1 atom stereocenters. The van der Waals surface area contributed by atoms with Crippen LogP contribution < -0.4 is 5.32 Å². The van der Waals surface area contributed by atoms with Gasteiger partial charge >= 0.3 is 0 Å². The number of thiol groups is 1. The van der Waals surface area contributed by atoms with Gasteiger partial charge < -0.3 is 5.32 Å². The lowest BCUT2D eigenvalue weighted by atomic mass is 10.2. The molecule has 0 aromatic carbocycles. The van der Waals surface area contributed by atoms with E-state index in [0.29, 0.717) is 11.8 Å². The Bertz CT molecular complexity index is 134. The minimum Gasteiger partial charge on any atom is -0.352 e. The fourth-order valence-electron chi connectivity index (χ4n) is 1.13. The van der Waals surface area contributed by atoms with Gasteiger partial charge in [0, 0.05) is 11.8 Å². The summed E-state index contributed by atoms with van der Waals surface area (Å²) in [6, 6.07) is 0.397. The van der Waals surface area contributed by atoms with E-state index in [-0.39, 0.29) is 5.91 Å². The van der Waals surface area contributed by atoms with Gasteiger partial charge in [0.1, 0.15) is 0 Å². The zero-order chi connectivity index (χ0) is 8.10. The van der Waals surface area contributed by atoms with Crippen LogP contribution in [-0.2, 0) is 4.79 Å². The molecule has 1 amide bonds. The molecule has 4 heteroatoms. The first-order chi connectivity index (χ1) is 5.33. The SMILES string of the molecule is O=C(CS)NC1CCCSC1. The maximum atomic E-state index is 10.9. The van der Waals surface area contributed by atoms with Crippen molar-refractivity contribution in [3.8, 4) is 0 Å². The molecule has 1 saturated heterocycles. The monoisotopic (exact) mass is 191 g/mol. The standard InChI is InChI=1S/C7H13NOS2/c9-7(4-10)8-6-2-1-3-11-5-6/h6,10H,1-5H2,(H,8,9). The van der Waals surface area contributed by atoms with Crippen LogP contribution in [-0.4, -0.2) is 29.2 Å². The Labute approximate surface area is 76.9 Å². The minimum atomic E-state index is 0.0563. The van der Waals surface area contributed by atoms with Crippen molar-refractivity contribution in [2.75, 3.05) is 17.3 Å². The predicted molar refractivity (Wildman–Crippen MR) is 52.3 cm³/mol. The van der Waals surface area contributed by atoms with E-state index in [0.717, 1.165) is 12.2 Å². The number of rotatable bonds is 2. The number of thioether (sulfide) groups is 1. The summed E-state index contributed by atoms with van der Waals surface area (Å²) in [4.78, 5) is 10.9. The van der Waals surface area contributed by atoms with E-state index >= 15 is 0 Å². The van der Waals surface area contributed by atoms with Crippen molar-refractivity contribution < 1.29 is 4.79 Å². The maximum Gasteiger partial charge on any atom is 0.229 e. The molecule has 0 aromatic rings. The van der Waals surface area contributed by atoms with Gasteiger partial charge in [-0.25, -0.2) is 0 Å². The van der Waals surface area contributed by atoms with Crippen molar-refractivity contribution in [2.24, 2.45) is 0 Å². The van der Waals surface area contributed by atoms with Crippen LogP contribution in [0.3, 0.4) is 0 Å². The Kier molecular flexibility index (Phi) is 4.15. The van der Waals surface area contributed by atoms with Gasteiger partial charge in [0.25, 0.3) is 0 Å². The molecule has 1 heterocycles. The Balaban J connectivity index is 2.19. The first kappa shape index (κ1) is 9.26. The molecule has 11 heavy (non-hydrogen) atoms. The Morgan fingerprint density at radius 3 is 3.09 bits per heavy atom. The third kappa shape index (κ3) is 3.38. The van der Waals surface area contributed by atoms with Crippen LogP contribution in [0.1, 0.15) is 12.8 Å². The summed E-state index contributed by atoms with van der Waals surface area (Å²) in [6.07, 6.45) is 2.36. The number of nitrogens with one attached hydrogen (secondary N) is 1. The number of carbonyl (C=O) groups excluding carboxylic acids is 1. The fourth-order valence-corrected chi connectivity index (χ4v) is 2.29. The highest BCUT2D eigenvalue weighted by Crippen LogP contribution is 2.16. The molecule has 1 fully saturated rings. The van der Waals surface area contributed by atoms with E-state index in [1.54, 1.807) is 0 Å². The summed E-state index contributed by atoms with van der Waals surface area (Å²) in [7, 11) is 0. The van der Waals surface area contributed by atoms with Gasteiger partial charge in [-0.1, -0.05) is 0 Å². The van der Waals surface area contributed by atoms with E-state index in [1.807, 2.05) is 11.8 Å². The smallest absolute Gasteiger partial charge is 0.229 e. The Morgan fingerprint density at radius 1 is 1.73 bits per heavy atom. The molecule has 1 N–H and O–H groups in total. The molecule has 0 radical (unpaired) electrons. The molecule has 0 spiro atoms. The minimum absolute atomic E-state index is 0.0563. The molecule has 1 rings (SSSR count). The van der Waals surface area contributed by atoms with Crippen molar-refractivity contribution in [3.63, 3.8) is 0 Å². The second kappa shape index (κ2) is 4.93. The molecule has 0 bridgehead atoms. The van der Waals surface area contributed by atoms with Crippen LogP contribution in [0.25, 0.3) is 0 Å². The quantitative estimate of drug-likeness (QED) is 0.636. The van der Waals surface area contributed by atoms with Gasteiger partial charge in [0.2, 0.25) is 5.91 Å². The summed E-state index contributed by atoms with van der Waals surface area (Å²) in [5.74, 6) is 2.68. The molecule has 1 unspecified atom stereocenters. The normalized spacial score (nSPS) is 24.6. The van der Waals surface area contributed by atoms with E-state index < -0.39 is 0 Å². The highest BCUT2D eigenvalue weighted by molar-refractivity contribution is 7.99. The molecule has 1 aliphatic heterocycles. The number of hydrogen-bond donors (Lipinski definition) is 2. The van der Waals surface area contributed by atoms with Crippen molar-refractivity contribution in [1.82, 2.24) is 5.32 Å². The molecular formula is C7H13NOS2.